The standard InChI is InChI=1S/C15H24N2O3/c1-4-17-11(2)10-13(12(17)3)15(20)16-9-7-5-6-8-14(18)19/h10H,4-9H2,1-3H3,(H,16,20)(H,18,19). The zero-order valence-electron chi connectivity index (χ0n) is 12.5. The van der Waals surface area contributed by atoms with E-state index in [0.717, 1.165) is 36.3 Å². The molecule has 1 aromatic rings. The number of carbonyl (C=O) groups is 2. The van der Waals surface area contributed by atoms with Crippen LogP contribution in [0.2, 0.25) is 0 Å². The zero-order chi connectivity index (χ0) is 15.1. The van der Waals surface area contributed by atoms with Crippen LogP contribution in [0.5, 0.6) is 0 Å². The molecule has 5 nitrogen and oxygen atoms in total. The van der Waals surface area contributed by atoms with Crippen LogP contribution in [0.1, 0.15) is 54.4 Å². The number of hydrogen-bond acceptors (Lipinski definition) is 2. The highest BCUT2D eigenvalue weighted by Crippen LogP contribution is 2.14. The molecule has 0 fully saturated rings. The van der Waals surface area contributed by atoms with Gasteiger partial charge in [-0.3, -0.25) is 9.59 Å². The van der Waals surface area contributed by atoms with Crippen LogP contribution >= 0.6 is 0 Å². The largest absolute Gasteiger partial charge is 0.481 e. The van der Waals surface area contributed by atoms with E-state index < -0.39 is 5.97 Å². The van der Waals surface area contributed by atoms with Crippen LogP contribution in [0.15, 0.2) is 6.07 Å². The van der Waals surface area contributed by atoms with Gasteiger partial charge in [0.25, 0.3) is 5.91 Å². The van der Waals surface area contributed by atoms with Gasteiger partial charge in [0.1, 0.15) is 0 Å². The Bertz CT molecular complexity index is 478. The molecule has 1 aromatic heterocycles. The molecule has 0 saturated carbocycles. The van der Waals surface area contributed by atoms with E-state index in [1.807, 2.05) is 19.9 Å². The quantitative estimate of drug-likeness (QED) is 0.719. The molecule has 0 atom stereocenters. The first kappa shape index (κ1) is 16.3. The maximum Gasteiger partial charge on any atom is 0.303 e. The van der Waals surface area contributed by atoms with Gasteiger partial charge in [-0.05, 0) is 39.7 Å². The second kappa shape index (κ2) is 7.72. The van der Waals surface area contributed by atoms with Gasteiger partial charge in [-0.2, -0.15) is 0 Å². The predicted octanol–water partition coefficient (Wildman–Crippen LogP) is 2.50. The molecule has 0 aliphatic heterocycles. The van der Waals surface area contributed by atoms with E-state index in [1.165, 1.54) is 0 Å². The van der Waals surface area contributed by atoms with Crippen molar-refractivity contribution in [2.75, 3.05) is 6.54 Å². The average molecular weight is 280 g/mol. The summed E-state index contributed by atoms with van der Waals surface area (Å²) in [5.41, 5.74) is 2.82. The molecular weight excluding hydrogens is 256 g/mol. The monoisotopic (exact) mass is 280 g/mol. The average Bonchev–Trinajstić information content (AvgIpc) is 2.68. The van der Waals surface area contributed by atoms with Crippen LogP contribution in [0.3, 0.4) is 0 Å². The van der Waals surface area contributed by atoms with E-state index >= 15 is 0 Å². The maximum atomic E-state index is 12.1. The van der Waals surface area contributed by atoms with Gasteiger partial charge < -0.3 is 15.0 Å². The van der Waals surface area contributed by atoms with Crippen molar-refractivity contribution in [1.82, 2.24) is 9.88 Å². The Morgan fingerprint density at radius 2 is 1.95 bits per heavy atom. The number of carboxylic acids is 1. The van der Waals surface area contributed by atoms with Crippen LogP contribution < -0.4 is 5.32 Å². The highest BCUT2D eigenvalue weighted by atomic mass is 16.4. The Kier molecular flexibility index (Phi) is 6.28. The highest BCUT2D eigenvalue weighted by Gasteiger charge is 2.14. The third kappa shape index (κ3) is 4.40. The molecule has 1 amide bonds. The Balaban J connectivity index is 2.38. The Hall–Kier alpha value is -1.78. The van der Waals surface area contributed by atoms with Gasteiger partial charge in [-0.15, -0.1) is 0 Å². The summed E-state index contributed by atoms with van der Waals surface area (Å²) in [7, 11) is 0. The molecule has 0 saturated heterocycles. The molecule has 20 heavy (non-hydrogen) atoms. The van der Waals surface area contributed by atoms with E-state index in [0.29, 0.717) is 13.0 Å². The minimum atomic E-state index is -0.763. The Morgan fingerprint density at radius 3 is 2.50 bits per heavy atom. The first-order chi connectivity index (χ1) is 9.47. The van der Waals surface area contributed by atoms with Gasteiger partial charge in [0.2, 0.25) is 0 Å². The molecule has 0 unspecified atom stereocenters. The number of carbonyl (C=O) groups excluding carboxylic acids is 1. The molecule has 2 N–H and O–H groups in total. The van der Waals surface area contributed by atoms with Gasteiger partial charge in [0.05, 0.1) is 5.56 Å². The molecule has 0 aliphatic rings. The number of nitrogens with one attached hydrogen (secondary N) is 1. The van der Waals surface area contributed by atoms with Crippen molar-refractivity contribution in [2.45, 2.75) is 53.0 Å². The van der Waals surface area contributed by atoms with E-state index in [9.17, 15) is 9.59 Å². The predicted molar refractivity (Wildman–Crippen MR) is 78.0 cm³/mol. The number of aliphatic carboxylic acids is 1. The van der Waals surface area contributed by atoms with Gasteiger partial charge in [0, 0.05) is 30.9 Å². The zero-order valence-corrected chi connectivity index (χ0v) is 12.5. The number of aryl methyl sites for hydroxylation is 1. The number of carboxylic acid groups (broad SMARTS) is 1. The molecule has 0 spiro atoms. The molecule has 0 aromatic carbocycles. The number of nitrogens with zero attached hydrogens (tertiary/aromatic N) is 1. The fourth-order valence-electron chi connectivity index (χ4n) is 2.39. The second-order valence-corrected chi connectivity index (χ2v) is 4.99. The lowest BCUT2D eigenvalue weighted by Gasteiger charge is -2.07. The molecular formula is C15H24N2O3. The molecule has 1 heterocycles. The summed E-state index contributed by atoms with van der Waals surface area (Å²) in [6, 6.07) is 1.92. The van der Waals surface area contributed by atoms with Crippen molar-refractivity contribution in [1.29, 1.82) is 0 Å². The summed E-state index contributed by atoms with van der Waals surface area (Å²) in [5.74, 6) is -0.808. The van der Waals surface area contributed by atoms with E-state index in [2.05, 4.69) is 16.8 Å². The number of amides is 1. The molecule has 0 radical (unpaired) electrons. The summed E-state index contributed by atoms with van der Waals surface area (Å²) in [5, 5.41) is 11.4. The summed E-state index contributed by atoms with van der Waals surface area (Å²) in [4.78, 5) is 22.4. The van der Waals surface area contributed by atoms with Crippen molar-refractivity contribution >= 4 is 11.9 Å². The molecule has 0 aliphatic carbocycles. The van der Waals surface area contributed by atoms with Crippen LogP contribution in [0.25, 0.3) is 0 Å². The highest BCUT2D eigenvalue weighted by molar-refractivity contribution is 5.95. The van der Waals surface area contributed by atoms with Crippen molar-refractivity contribution in [3.8, 4) is 0 Å². The summed E-state index contributed by atoms with van der Waals surface area (Å²) in [6.07, 6.45) is 2.49. The van der Waals surface area contributed by atoms with Crippen molar-refractivity contribution in [3.63, 3.8) is 0 Å². The van der Waals surface area contributed by atoms with Crippen LogP contribution in [-0.4, -0.2) is 28.1 Å². The maximum absolute atomic E-state index is 12.1. The smallest absolute Gasteiger partial charge is 0.303 e. The summed E-state index contributed by atoms with van der Waals surface area (Å²) >= 11 is 0. The molecule has 112 valence electrons. The molecule has 0 bridgehead atoms. The normalized spacial score (nSPS) is 10.6. The first-order valence-electron chi connectivity index (χ1n) is 7.14. The van der Waals surface area contributed by atoms with Gasteiger partial charge >= 0.3 is 5.97 Å². The third-order valence-electron chi connectivity index (χ3n) is 3.49. The number of unbranched alkanes of at least 4 members (excludes halogenated alkanes) is 2. The fourth-order valence-corrected chi connectivity index (χ4v) is 2.39. The third-order valence-corrected chi connectivity index (χ3v) is 3.49. The molecule has 1 rings (SSSR count). The summed E-state index contributed by atoms with van der Waals surface area (Å²) < 4.78 is 2.11. The van der Waals surface area contributed by atoms with E-state index in [1.54, 1.807) is 0 Å². The van der Waals surface area contributed by atoms with Crippen molar-refractivity contribution < 1.29 is 14.7 Å². The first-order valence-corrected chi connectivity index (χ1v) is 7.14. The lowest BCUT2D eigenvalue weighted by molar-refractivity contribution is -0.137. The van der Waals surface area contributed by atoms with E-state index in [-0.39, 0.29) is 12.3 Å². The molecule has 5 heteroatoms. The minimum absolute atomic E-state index is 0.0453. The lowest BCUT2D eigenvalue weighted by Crippen LogP contribution is -2.25. The van der Waals surface area contributed by atoms with E-state index in [4.69, 9.17) is 5.11 Å². The Morgan fingerprint density at radius 1 is 1.25 bits per heavy atom. The van der Waals surface area contributed by atoms with Gasteiger partial charge in [0.15, 0.2) is 0 Å². The number of aromatic nitrogens is 1. The van der Waals surface area contributed by atoms with Crippen LogP contribution in [0.4, 0.5) is 0 Å². The Labute approximate surface area is 120 Å². The SMILES string of the molecule is CCn1c(C)cc(C(=O)NCCCCCC(=O)O)c1C. The van der Waals surface area contributed by atoms with Gasteiger partial charge in [-0.1, -0.05) is 6.42 Å². The van der Waals surface area contributed by atoms with Gasteiger partial charge in [-0.25, -0.2) is 0 Å². The fraction of sp³-hybridized carbons (Fsp3) is 0.600. The topological polar surface area (TPSA) is 71.3 Å². The summed E-state index contributed by atoms with van der Waals surface area (Å²) in [6.45, 7) is 7.47. The van der Waals surface area contributed by atoms with Crippen molar-refractivity contribution in [2.24, 2.45) is 0 Å². The van der Waals surface area contributed by atoms with Crippen molar-refractivity contribution in [3.05, 3.63) is 23.0 Å². The number of rotatable bonds is 8. The van der Waals surface area contributed by atoms with Crippen LogP contribution in [0, 0.1) is 13.8 Å². The minimum Gasteiger partial charge on any atom is -0.481 e. The second-order valence-electron chi connectivity index (χ2n) is 4.99. The van der Waals surface area contributed by atoms with Crippen LogP contribution in [-0.2, 0) is 11.3 Å². The number of hydrogen-bond donors (Lipinski definition) is 2. The lowest BCUT2D eigenvalue weighted by atomic mass is 10.2.